The zero-order valence-electron chi connectivity index (χ0n) is 18.9. The molecule has 0 saturated carbocycles. The third-order valence-electron chi connectivity index (χ3n) is 7.65. The van der Waals surface area contributed by atoms with Gasteiger partial charge in [0.25, 0.3) is 5.91 Å². The topological polar surface area (TPSA) is 72.9 Å². The minimum absolute atomic E-state index is 0.0492. The van der Waals surface area contributed by atoms with Crippen LogP contribution in [0.1, 0.15) is 48.0 Å². The first-order valence-electron chi connectivity index (χ1n) is 11.9. The fourth-order valence-corrected chi connectivity index (χ4v) is 6.36. The summed E-state index contributed by atoms with van der Waals surface area (Å²) in [5, 5.41) is 14.8. The molecule has 0 aliphatic carbocycles. The van der Waals surface area contributed by atoms with Crippen LogP contribution >= 0.6 is 23.2 Å². The monoisotopic (exact) mass is 501 g/mol. The van der Waals surface area contributed by atoms with Crippen molar-refractivity contribution in [3.8, 4) is 0 Å². The van der Waals surface area contributed by atoms with Crippen LogP contribution in [0.4, 0.5) is 0 Å². The third kappa shape index (κ3) is 4.57. The molecule has 2 N–H and O–H groups in total. The van der Waals surface area contributed by atoms with Crippen molar-refractivity contribution < 1.29 is 14.7 Å². The van der Waals surface area contributed by atoms with Gasteiger partial charge in [-0.15, -0.1) is 0 Å². The largest absolute Gasteiger partial charge is 0.385 e. The lowest BCUT2D eigenvalue weighted by atomic mass is 9.80. The lowest BCUT2D eigenvalue weighted by Gasteiger charge is -2.46. The van der Waals surface area contributed by atoms with E-state index >= 15 is 0 Å². The van der Waals surface area contributed by atoms with Gasteiger partial charge in [0, 0.05) is 36.8 Å². The zero-order valence-corrected chi connectivity index (χ0v) is 20.4. The van der Waals surface area contributed by atoms with Crippen LogP contribution in [-0.4, -0.2) is 64.5 Å². The Hall–Kier alpha value is -2.12. The first-order valence-corrected chi connectivity index (χ1v) is 12.7. The lowest BCUT2D eigenvalue weighted by molar-refractivity contribution is -0.129. The van der Waals surface area contributed by atoms with E-state index in [4.69, 9.17) is 23.2 Å². The molecular formula is C26H29Cl2N3O3. The summed E-state index contributed by atoms with van der Waals surface area (Å²) < 4.78 is 0. The van der Waals surface area contributed by atoms with Crippen LogP contribution in [-0.2, 0) is 10.4 Å². The number of aliphatic hydroxyl groups is 1. The molecule has 1 unspecified atom stereocenters. The van der Waals surface area contributed by atoms with Gasteiger partial charge in [-0.25, -0.2) is 0 Å². The minimum Gasteiger partial charge on any atom is -0.385 e. The summed E-state index contributed by atoms with van der Waals surface area (Å²) in [6, 6.07) is 15.6. The number of hydrogen-bond donors (Lipinski definition) is 2. The fraction of sp³-hybridized carbons (Fsp3) is 0.462. The number of carbonyl (C=O) groups is 2. The molecule has 3 heterocycles. The number of amides is 2. The Morgan fingerprint density at radius 2 is 1.68 bits per heavy atom. The maximum absolute atomic E-state index is 12.8. The van der Waals surface area contributed by atoms with Gasteiger partial charge in [-0.1, -0.05) is 53.5 Å². The van der Waals surface area contributed by atoms with Crippen LogP contribution in [0.25, 0.3) is 0 Å². The molecule has 2 aromatic carbocycles. The zero-order chi connectivity index (χ0) is 23.9. The summed E-state index contributed by atoms with van der Waals surface area (Å²) in [7, 11) is 0. The molecule has 34 heavy (non-hydrogen) atoms. The van der Waals surface area contributed by atoms with Gasteiger partial charge < -0.3 is 15.3 Å². The van der Waals surface area contributed by atoms with E-state index in [-0.39, 0.29) is 18.4 Å². The summed E-state index contributed by atoms with van der Waals surface area (Å²) in [4.78, 5) is 29.6. The lowest BCUT2D eigenvalue weighted by Crippen LogP contribution is -2.54. The summed E-state index contributed by atoms with van der Waals surface area (Å²) >= 11 is 11.9. The summed E-state index contributed by atoms with van der Waals surface area (Å²) in [5.74, 6) is -0.432. The molecular weight excluding hydrogens is 473 g/mol. The summed E-state index contributed by atoms with van der Waals surface area (Å²) in [6.07, 6.45) is 4.56. The van der Waals surface area contributed by atoms with Gasteiger partial charge in [0.1, 0.15) is 0 Å². The summed E-state index contributed by atoms with van der Waals surface area (Å²) in [5.41, 5.74) is 0.608. The Kier molecular flexibility index (Phi) is 6.60. The van der Waals surface area contributed by atoms with Crippen molar-refractivity contribution in [1.82, 2.24) is 15.1 Å². The number of carbonyl (C=O) groups excluding carboxylic acids is 2. The average Bonchev–Trinajstić information content (AvgIpc) is 3.42. The van der Waals surface area contributed by atoms with Gasteiger partial charge >= 0.3 is 0 Å². The molecule has 0 aromatic heterocycles. The Labute approximate surface area is 209 Å². The van der Waals surface area contributed by atoms with E-state index < -0.39 is 5.60 Å². The molecule has 3 fully saturated rings. The van der Waals surface area contributed by atoms with Crippen LogP contribution in [0.2, 0.25) is 10.0 Å². The predicted molar refractivity (Wildman–Crippen MR) is 132 cm³/mol. The first kappa shape index (κ1) is 23.6. The standard InChI is InChI=1S/C26H29Cl2N3O3/c27-22-9-6-17(12-23(22)28)25(33)29-15-24(32)30-11-10-21(16-30)31-19-7-8-20(31)14-26(34,13-19)18-4-2-1-3-5-18/h1-6,9,12,19-21,34H,7-8,10-11,13-16H2,(H,29,33)/t19-,20-,21?/m0/s1. The molecule has 3 aliphatic heterocycles. The van der Waals surface area contributed by atoms with Crippen LogP contribution < -0.4 is 5.32 Å². The highest BCUT2D eigenvalue weighted by Crippen LogP contribution is 2.47. The van der Waals surface area contributed by atoms with Gasteiger partial charge in [0.05, 0.1) is 22.2 Å². The molecule has 0 spiro atoms. The second kappa shape index (κ2) is 9.50. The number of piperidine rings is 1. The smallest absolute Gasteiger partial charge is 0.251 e. The highest BCUT2D eigenvalue weighted by atomic mass is 35.5. The normalized spacial score (nSPS) is 28.8. The summed E-state index contributed by atoms with van der Waals surface area (Å²) in [6.45, 7) is 1.30. The Morgan fingerprint density at radius 1 is 0.971 bits per heavy atom. The molecule has 5 rings (SSSR count). The minimum atomic E-state index is -0.771. The van der Waals surface area contributed by atoms with E-state index in [1.54, 1.807) is 12.1 Å². The number of fused-ring (bicyclic) bond motifs is 2. The molecule has 0 radical (unpaired) electrons. The number of nitrogens with one attached hydrogen (secondary N) is 1. The number of rotatable bonds is 5. The number of halogens is 2. The molecule has 180 valence electrons. The number of benzene rings is 2. The molecule has 8 heteroatoms. The average molecular weight is 502 g/mol. The molecule has 2 amide bonds. The van der Waals surface area contributed by atoms with E-state index in [1.165, 1.54) is 6.07 Å². The van der Waals surface area contributed by atoms with Crippen molar-refractivity contribution in [2.75, 3.05) is 19.6 Å². The molecule has 2 bridgehead atoms. The number of hydrogen-bond acceptors (Lipinski definition) is 4. The van der Waals surface area contributed by atoms with Crippen molar-refractivity contribution in [3.63, 3.8) is 0 Å². The Morgan fingerprint density at radius 3 is 2.35 bits per heavy atom. The van der Waals surface area contributed by atoms with Gasteiger partial charge in [0.15, 0.2) is 0 Å². The quantitative estimate of drug-likeness (QED) is 0.652. The molecule has 3 aliphatic rings. The second-order valence-electron chi connectivity index (χ2n) is 9.73. The SMILES string of the molecule is O=C(NCC(=O)N1CCC(N2[C@H]3CC[C@H]2CC(O)(c2ccccc2)C3)C1)c1ccc(Cl)c(Cl)c1. The number of nitrogens with zero attached hydrogens (tertiary/aromatic N) is 2. The van der Waals surface area contributed by atoms with E-state index in [9.17, 15) is 14.7 Å². The van der Waals surface area contributed by atoms with Crippen LogP contribution in [0.3, 0.4) is 0 Å². The predicted octanol–water partition coefficient (Wildman–Crippen LogP) is 3.84. The van der Waals surface area contributed by atoms with Crippen molar-refractivity contribution in [2.24, 2.45) is 0 Å². The third-order valence-corrected chi connectivity index (χ3v) is 8.39. The van der Waals surface area contributed by atoms with Gasteiger partial charge in [0.2, 0.25) is 5.91 Å². The van der Waals surface area contributed by atoms with Gasteiger partial charge in [-0.3, -0.25) is 14.5 Å². The maximum Gasteiger partial charge on any atom is 0.251 e. The van der Waals surface area contributed by atoms with Crippen molar-refractivity contribution in [3.05, 3.63) is 69.7 Å². The van der Waals surface area contributed by atoms with Crippen LogP contribution in [0.5, 0.6) is 0 Å². The van der Waals surface area contributed by atoms with Gasteiger partial charge in [-0.2, -0.15) is 0 Å². The van der Waals surface area contributed by atoms with Crippen molar-refractivity contribution in [2.45, 2.75) is 55.8 Å². The van der Waals surface area contributed by atoms with E-state index in [2.05, 4.69) is 10.2 Å². The molecule has 3 saturated heterocycles. The number of likely N-dealkylation sites (tertiary alicyclic amines) is 1. The fourth-order valence-electron chi connectivity index (χ4n) is 6.06. The highest BCUT2D eigenvalue weighted by Gasteiger charge is 2.51. The second-order valence-corrected chi connectivity index (χ2v) is 10.5. The molecule has 6 nitrogen and oxygen atoms in total. The highest BCUT2D eigenvalue weighted by molar-refractivity contribution is 6.42. The van der Waals surface area contributed by atoms with Crippen LogP contribution in [0.15, 0.2) is 48.5 Å². The van der Waals surface area contributed by atoms with E-state index in [0.29, 0.717) is 46.8 Å². The van der Waals surface area contributed by atoms with Crippen molar-refractivity contribution >= 4 is 35.0 Å². The Bertz CT molecular complexity index is 1070. The molecule has 3 atom stereocenters. The van der Waals surface area contributed by atoms with Gasteiger partial charge in [-0.05, 0) is 55.9 Å². The maximum atomic E-state index is 12.8. The molecule has 2 aromatic rings. The van der Waals surface area contributed by atoms with E-state index in [0.717, 1.165) is 37.7 Å². The first-order chi connectivity index (χ1) is 16.3. The Balaban J connectivity index is 1.16. The van der Waals surface area contributed by atoms with E-state index in [1.807, 2.05) is 35.2 Å². The van der Waals surface area contributed by atoms with Crippen LogP contribution in [0, 0.1) is 0 Å². The van der Waals surface area contributed by atoms with Crippen molar-refractivity contribution in [1.29, 1.82) is 0 Å².